The molecule has 1 nitrogen and oxygen atoms in total. The van der Waals surface area contributed by atoms with Gasteiger partial charge in [0.1, 0.15) is 5.15 Å². The van der Waals surface area contributed by atoms with Crippen LogP contribution in [0.3, 0.4) is 0 Å². The fourth-order valence-electron chi connectivity index (χ4n) is 1.70. The molecule has 0 aliphatic heterocycles. The number of hydrogen-bond donors (Lipinski definition) is 0. The van der Waals surface area contributed by atoms with Crippen LogP contribution in [0.25, 0.3) is 0 Å². The Morgan fingerprint density at radius 2 is 1.87 bits per heavy atom. The van der Waals surface area contributed by atoms with Crippen molar-refractivity contribution in [2.45, 2.75) is 51.9 Å². The molecule has 0 aliphatic rings. The van der Waals surface area contributed by atoms with Gasteiger partial charge >= 0.3 is 0 Å². The zero-order valence-electron chi connectivity index (χ0n) is 9.51. The van der Waals surface area contributed by atoms with E-state index in [2.05, 4.69) is 18.0 Å². The van der Waals surface area contributed by atoms with Crippen LogP contribution >= 0.6 is 11.6 Å². The van der Waals surface area contributed by atoms with Crippen LogP contribution in [0, 0.1) is 0 Å². The fraction of sp³-hybridized carbons (Fsp3) is 0.615. The Bertz CT molecular complexity index is 273. The van der Waals surface area contributed by atoms with Gasteiger partial charge in [-0.2, -0.15) is 0 Å². The molecule has 84 valence electrons. The summed E-state index contributed by atoms with van der Waals surface area (Å²) < 4.78 is 0. The number of rotatable bonds is 7. The first-order valence-corrected chi connectivity index (χ1v) is 6.31. The lowest BCUT2D eigenvalue weighted by Gasteiger charge is -2.03. The molecule has 15 heavy (non-hydrogen) atoms. The molecule has 0 bridgehead atoms. The highest BCUT2D eigenvalue weighted by Gasteiger charge is 1.99. The van der Waals surface area contributed by atoms with Crippen molar-refractivity contribution in [1.82, 2.24) is 4.98 Å². The number of pyridine rings is 1. The lowest BCUT2D eigenvalue weighted by molar-refractivity contribution is 0.607. The molecule has 0 fully saturated rings. The second-order valence-electron chi connectivity index (χ2n) is 3.97. The second kappa shape index (κ2) is 7.70. The predicted octanol–water partition coefficient (Wildman–Crippen LogP) is 4.64. The topological polar surface area (TPSA) is 12.9 Å². The molecular weight excluding hydrogens is 206 g/mol. The molecule has 0 radical (unpaired) electrons. The van der Waals surface area contributed by atoms with Crippen molar-refractivity contribution in [1.29, 1.82) is 0 Å². The van der Waals surface area contributed by atoms with Crippen molar-refractivity contribution in [3.05, 3.63) is 29.0 Å². The number of nitrogens with zero attached hydrogens (tertiary/aromatic N) is 1. The molecule has 0 saturated carbocycles. The molecule has 0 unspecified atom stereocenters. The standard InChI is InChI=1S/C13H20ClN/c1-2-3-4-5-6-7-9-12-10-8-11-15-13(12)14/h8,10-11H,2-7,9H2,1H3. The summed E-state index contributed by atoms with van der Waals surface area (Å²) in [5, 5.41) is 0.672. The maximum atomic E-state index is 5.98. The van der Waals surface area contributed by atoms with Gasteiger partial charge in [-0.1, -0.05) is 56.7 Å². The average molecular weight is 226 g/mol. The van der Waals surface area contributed by atoms with Gasteiger partial charge in [0.25, 0.3) is 0 Å². The first-order chi connectivity index (χ1) is 7.34. The van der Waals surface area contributed by atoms with Crippen molar-refractivity contribution in [3.63, 3.8) is 0 Å². The Morgan fingerprint density at radius 1 is 1.13 bits per heavy atom. The number of aromatic nitrogens is 1. The zero-order valence-corrected chi connectivity index (χ0v) is 10.3. The van der Waals surface area contributed by atoms with Crippen molar-refractivity contribution in [2.24, 2.45) is 0 Å². The lowest BCUT2D eigenvalue weighted by Crippen LogP contribution is -1.89. The molecule has 0 aliphatic carbocycles. The highest BCUT2D eigenvalue weighted by molar-refractivity contribution is 6.30. The molecule has 0 atom stereocenters. The van der Waals surface area contributed by atoms with Crippen molar-refractivity contribution in [2.75, 3.05) is 0 Å². The summed E-state index contributed by atoms with van der Waals surface area (Å²) in [4.78, 5) is 4.07. The largest absolute Gasteiger partial charge is 0.244 e. The first-order valence-electron chi connectivity index (χ1n) is 5.94. The summed E-state index contributed by atoms with van der Waals surface area (Å²) in [7, 11) is 0. The van der Waals surface area contributed by atoms with E-state index < -0.39 is 0 Å². The van der Waals surface area contributed by atoms with Gasteiger partial charge < -0.3 is 0 Å². The van der Waals surface area contributed by atoms with Gasteiger partial charge in [0, 0.05) is 6.20 Å². The Hall–Kier alpha value is -0.560. The van der Waals surface area contributed by atoms with Crippen LogP contribution in [-0.2, 0) is 6.42 Å². The Balaban J connectivity index is 2.12. The maximum Gasteiger partial charge on any atom is 0.132 e. The number of halogens is 1. The normalized spacial score (nSPS) is 10.5. The zero-order chi connectivity index (χ0) is 10.9. The monoisotopic (exact) mass is 225 g/mol. The van der Waals surface area contributed by atoms with Crippen molar-refractivity contribution in [3.8, 4) is 0 Å². The highest BCUT2D eigenvalue weighted by Crippen LogP contribution is 2.15. The Kier molecular flexibility index (Phi) is 6.42. The van der Waals surface area contributed by atoms with E-state index in [4.69, 9.17) is 11.6 Å². The van der Waals surface area contributed by atoms with Gasteiger partial charge in [-0.3, -0.25) is 0 Å². The van der Waals surface area contributed by atoms with Crippen LogP contribution in [0.2, 0.25) is 5.15 Å². The van der Waals surface area contributed by atoms with E-state index in [-0.39, 0.29) is 0 Å². The minimum atomic E-state index is 0.672. The highest BCUT2D eigenvalue weighted by atomic mass is 35.5. The average Bonchev–Trinajstić information content (AvgIpc) is 2.25. The van der Waals surface area contributed by atoms with Crippen LogP contribution in [0.4, 0.5) is 0 Å². The van der Waals surface area contributed by atoms with E-state index in [1.807, 2.05) is 6.07 Å². The van der Waals surface area contributed by atoms with Crippen LogP contribution in [-0.4, -0.2) is 4.98 Å². The van der Waals surface area contributed by atoms with Crippen LogP contribution in [0.5, 0.6) is 0 Å². The molecule has 1 aromatic heterocycles. The third-order valence-corrected chi connectivity index (χ3v) is 2.98. The lowest BCUT2D eigenvalue weighted by atomic mass is 10.1. The van der Waals surface area contributed by atoms with Crippen molar-refractivity contribution >= 4 is 11.6 Å². The number of hydrogen-bond acceptors (Lipinski definition) is 1. The predicted molar refractivity (Wildman–Crippen MR) is 66.3 cm³/mol. The SMILES string of the molecule is CCCCCCCCc1cccnc1Cl. The van der Waals surface area contributed by atoms with Gasteiger partial charge in [-0.15, -0.1) is 0 Å². The van der Waals surface area contributed by atoms with E-state index in [1.165, 1.54) is 44.1 Å². The number of unbranched alkanes of at least 4 members (excludes halogenated alkanes) is 5. The number of aryl methyl sites for hydroxylation is 1. The second-order valence-corrected chi connectivity index (χ2v) is 4.33. The van der Waals surface area contributed by atoms with E-state index in [0.29, 0.717) is 5.15 Å². The summed E-state index contributed by atoms with van der Waals surface area (Å²) in [6, 6.07) is 4.03. The molecule has 0 N–H and O–H groups in total. The first kappa shape index (κ1) is 12.5. The molecule has 0 saturated heterocycles. The van der Waals surface area contributed by atoms with E-state index in [9.17, 15) is 0 Å². The molecular formula is C13H20ClN. The maximum absolute atomic E-state index is 5.98. The molecule has 2 heteroatoms. The van der Waals surface area contributed by atoms with Gasteiger partial charge in [0.05, 0.1) is 0 Å². The quantitative estimate of drug-likeness (QED) is 0.487. The minimum Gasteiger partial charge on any atom is -0.244 e. The summed E-state index contributed by atoms with van der Waals surface area (Å²) in [6.45, 7) is 2.25. The van der Waals surface area contributed by atoms with E-state index in [1.54, 1.807) is 6.20 Å². The summed E-state index contributed by atoms with van der Waals surface area (Å²) >= 11 is 5.98. The Labute approximate surface area is 97.9 Å². The van der Waals surface area contributed by atoms with Gasteiger partial charge in [-0.25, -0.2) is 4.98 Å². The fourth-order valence-corrected chi connectivity index (χ4v) is 1.92. The van der Waals surface area contributed by atoms with Crippen LogP contribution in [0.1, 0.15) is 51.0 Å². The van der Waals surface area contributed by atoms with Crippen LogP contribution in [0.15, 0.2) is 18.3 Å². The molecule has 0 spiro atoms. The van der Waals surface area contributed by atoms with Crippen LogP contribution < -0.4 is 0 Å². The molecule has 1 aromatic rings. The summed E-state index contributed by atoms with van der Waals surface area (Å²) in [6.07, 6.45) is 10.8. The summed E-state index contributed by atoms with van der Waals surface area (Å²) in [5.74, 6) is 0. The van der Waals surface area contributed by atoms with Gasteiger partial charge in [-0.05, 0) is 24.5 Å². The third kappa shape index (κ3) is 5.17. The van der Waals surface area contributed by atoms with E-state index >= 15 is 0 Å². The smallest absolute Gasteiger partial charge is 0.132 e. The molecule has 0 aromatic carbocycles. The molecule has 1 heterocycles. The Morgan fingerprint density at radius 3 is 2.60 bits per heavy atom. The third-order valence-electron chi connectivity index (χ3n) is 2.64. The van der Waals surface area contributed by atoms with E-state index in [0.717, 1.165) is 6.42 Å². The van der Waals surface area contributed by atoms with Crippen molar-refractivity contribution < 1.29 is 0 Å². The van der Waals surface area contributed by atoms with Gasteiger partial charge in [0.2, 0.25) is 0 Å². The molecule has 0 amide bonds. The molecule has 1 rings (SSSR count). The summed E-state index contributed by atoms with van der Waals surface area (Å²) in [5.41, 5.74) is 1.19. The van der Waals surface area contributed by atoms with Gasteiger partial charge in [0.15, 0.2) is 0 Å². The minimum absolute atomic E-state index is 0.672.